The summed E-state index contributed by atoms with van der Waals surface area (Å²) in [6, 6.07) is 8.12. The molecule has 1 saturated carbocycles. The van der Waals surface area contributed by atoms with Gasteiger partial charge in [-0.15, -0.1) is 0 Å². The van der Waals surface area contributed by atoms with Gasteiger partial charge in [0.05, 0.1) is 25.8 Å². The molecular weight excluding hydrogens is 250 g/mol. The molecule has 1 aliphatic rings. The molecule has 4 heteroatoms. The number of rotatable bonds is 5. The van der Waals surface area contributed by atoms with Crippen molar-refractivity contribution in [1.29, 1.82) is 5.26 Å². The third kappa shape index (κ3) is 2.67. The Kier molecular flexibility index (Phi) is 3.42. The van der Waals surface area contributed by atoms with E-state index < -0.39 is 0 Å². The summed E-state index contributed by atoms with van der Waals surface area (Å²) in [5.74, 6) is 1.58. The predicted octanol–water partition coefficient (Wildman–Crippen LogP) is 3.03. The Morgan fingerprint density at radius 2 is 2.25 bits per heavy atom. The summed E-state index contributed by atoms with van der Waals surface area (Å²) < 4.78 is 7.30. The van der Waals surface area contributed by atoms with Crippen LogP contribution in [0.25, 0.3) is 11.1 Å². The van der Waals surface area contributed by atoms with Crippen LogP contribution in [0.15, 0.2) is 30.6 Å². The van der Waals surface area contributed by atoms with Crippen LogP contribution in [-0.2, 0) is 13.0 Å². The fourth-order valence-corrected chi connectivity index (χ4v) is 2.36. The van der Waals surface area contributed by atoms with Gasteiger partial charge in [0.25, 0.3) is 0 Å². The van der Waals surface area contributed by atoms with Crippen LogP contribution in [0.5, 0.6) is 5.75 Å². The fourth-order valence-electron chi connectivity index (χ4n) is 2.36. The van der Waals surface area contributed by atoms with E-state index in [4.69, 9.17) is 10.00 Å². The molecule has 0 bridgehead atoms. The summed E-state index contributed by atoms with van der Waals surface area (Å²) in [5, 5.41) is 13.3. The highest BCUT2D eigenvalue weighted by Crippen LogP contribution is 2.31. The first kappa shape index (κ1) is 12.7. The molecule has 1 heterocycles. The first-order chi connectivity index (χ1) is 9.80. The SMILES string of the molecule is COc1ccc(-c2cnn(CC3CC3)c2)cc1CC#N. The Bertz CT molecular complexity index is 650. The van der Waals surface area contributed by atoms with Crippen LogP contribution in [-0.4, -0.2) is 16.9 Å². The minimum Gasteiger partial charge on any atom is -0.496 e. The van der Waals surface area contributed by atoms with Crippen molar-refractivity contribution in [2.75, 3.05) is 7.11 Å². The average Bonchev–Trinajstić information content (AvgIpc) is 3.15. The lowest BCUT2D eigenvalue weighted by molar-refractivity contribution is 0.411. The van der Waals surface area contributed by atoms with Gasteiger partial charge >= 0.3 is 0 Å². The lowest BCUT2D eigenvalue weighted by Crippen LogP contribution is -1.99. The van der Waals surface area contributed by atoms with E-state index in [1.807, 2.05) is 29.1 Å². The third-order valence-corrected chi connectivity index (χ3v) is 3.66. The van der Waals surface area contributed by atoms with Crippen molar-refractivity contribution in [2.45, 2.75) is 25.8 Å². The maximum absolute atomic E-state index is 8.89. The molecule has 1 aromatic carbocycles. The number of methoxy groups -OCH3 is 1. The van der Waals surface area contributed by atoms with E-state index in [0.29, 0.717) is 6.42 Å². The zero-order valence-electron chi connectivity index (χ0n) is 11.5. The zero-order valence-corrected chi connectivity index (χ0v) is 11.5. The van der Waals surface area contributed by atoms with Crippen LogP contribution < -0.4 is 4.74 Å². The quantitative estimate of drug-likeness (QED) is 0.836. The van der Waals surface area contributed by atoms with Crippen molar-refractivity contribution in [3.8, 4) is 22.9 Å². The van der Waals surface area contributed by atoms with Gasteiger partial charge in [-0.05, 0) is 36.5 Å². The molecule has 0 amide bonds. The Labute approximate surface area is 118 Å². The average molecular weight is 267 g/mol. The van der Waals surface area contributed by atoms with Gasteiger partial charge in [-0.3, -0.25) is 4.68 Å². The van der Waals surface area contributed by atoms with Gasteiger partial charge in [0, 0.05) is 23.9 Å². The maximum Gasteiger partial charge on any atom is 0.123 e. The number of hydrogen-bond donors (Lipinski definition) is 0. The molecule has 0 N–H and O–H groups in total. The van der Waals surface area contributed by atoms with Crippen LogP contribution in [0.2, 0.25) is 0 Å². The molecule has 0 spiro atoms. The third-order valence-electron chi connectivity index (χ3n) is 3.66. The molecule has 0 aliphatic heterocycles. The number of aromatic nitrogens is 2. The van der Waals surface area contributed by atoms with Crippen LogP contribution in [0.3, 0.4) is 0 Å². The molecule has 102 valence electrons. The molecule has 1 aromatic heterocycles. The summed E-state index contributed by atoms with van der Waals surface area (Å²) in [6.07, 6.45) is 6.97. The molecule has 2 aromatic rings. The summed E-state index contributed by atoms with van der Waals surface area (Å²) >= 11 is 0. The summed E-state index contributed by atoms with van der Waals surface area (Å²) in [4.78, 5) is 0. The van der Waals surface area contributed by atoms with E-state index in [1.165, 1.54) is 12.8 Å². The summed E-state index contributed by atoms with van der Waals surface area (Å²) in [5.41, 5.74) is 3.09. The Morgan fingerprint density at radius 3 is 2.95 bits per heavy atom. The highest BCUT2D eigenvalue weighted by Gasteiger charge is 2.22. The highest BCUT2D eigenvalue weighted by atomic mass is 16.5. The zero-order chi connectivity index (χ0) is 13.9. The second kappa shape index (κ2) is 5.38. The molecule has 1 fully saturated rings. The lowest BCUT2D eigenvalue weighted by Gasteiger charge is -2.07. The van der Waals surface area contributed by atoms with E-state index >= 15 is 0 Å². The summed E-state index contributed by atoms with van der Waals surface area (Å²) in [6.45, 7) is 1.02. The number of nitriles is 1. The monoisotopic (exact) mass is 267 g/mol. The first-order valence-electron chi connectivity index (χ1n) is 6.87. The Hall–Kier alpha value is -2.28. The van der Waals surface area contributed by atoms with Crippen molar-refractivity contribution < 1.29 is 4.74 Å². The molecule has 0 atom stereocenters. The molecule has 20 heavy (non-hydrogen) atoms. The van der Waals surface area contributed by atoms with Crippen molar-refractivity contribution >= 4 is 0 Å². The summed E-state index contributed by atoms with van der Waals surface area (Å²) in [7, 11) is 1.63. The lowest BCUT2D eigenvalue weighted by atomic mass is 10.0. The molecule has 0 saturated heterocycles. The second-order valence-corrected chi connectivity index (χ2v) is 5.26. The van der Waals surface area contributed by atoms with Gasteiger partial charge in [0.2, 0.25) is 0 Å². The molecule has 0 unspecified atom stereocenters. The standard InChI is InChI=1S/C16H17N3O/c1-20-16-5-4-13(8-14(16)6-7-17)15-9-18-19(11-15)10-12-2-3-12/h4-5,8-9,11-12H,2-3,6,10H2,1H3. The van der Waals surface area contributed by atoms with Crippen molar-refractivity contribution in [1.82, 2.24) is 9.78 Å². The largest absolute Gasteiger partial charge is 0.496 e. The fraction of sp³-hybridized carbons (Fsp3) is 0.375. The van der Waals surface area contributed by atoms with Crippen LogP contribution in [0.4, 0.5) is 0 Å². The number of hydrogen-bond acceptors (Lipinski definition) is 3. The van der Waals surface area contributed by atoms with Crippen molar-refractivity contribution in [2.24, 2.45) is 5.92 Å². The molecule has 0 radical (unpaired) electrons. The van der Waals surface area contributed by atoms with Gasteiger partial charge in [0.15, 0.2) is 0 Å². The number of benzene rings is 1. The molecule has 4 nitrogen and oxygen atoms in total. The topological polar surface area (TPSA) is 50.8 Å². The number of nitrogens with zero attached hydrogens (tertiary/aromatic N) is 3. The van der Waals surface area contributed by atoms with Gasteiger partial charge in [0.1, 0.15) is 5.75 Å². The maximum atomic E-state index is 8.89. The molecular formula is C16H17N3O. The number of ether oxygens (including phenoxy) is 1. The molecule has 3 rings (SSSR count). The van der Waals surface area contributed by atoms with Crippen LogP contribution in [0.1, 0.15) is 18.4 Å². The van der Waals surface area contributed by atoms with Crippen molar-refractivity contribution in [3.05, 3.63) is 36.2 Å². The molecule has 1 aliphatic carbocycles. The highest BCUT2D eigenvalue weighted by molar-refractivity contribution is 5.64. The smallest absolute Gasteiger partial charge is 0.123 e. The van der Waals surface area contributed by atoms with Crippen LogP contribution >= 0.6 is 0 Å². The first-order valence-corrected chi connectivity index (χ1v) is 6.87. The Balaban J connectivity index is 1.86. The van der Waals surface area contributed by atoms with Gasteiger partial charge in [-0.1, -0.05) is 6.07 Å². The predicted molar refractivity (Wildman–Crippen MR) is 76.3 cm³/mol. The van der Waals surface area contributed by atoms with E-state index in [1.54, 1.807) is 7.11 Å². The van der Waals surface area contributed by atoms with Crippen LogP contribution in [0, 0.1) is 17.2 Å². The van der Waals surface area contributed by atoms with E-state index in [-0.39, 0.29) is 0 Å². The van der Waals surface area contributed by atoms with E-state index in [9.17, 15) is 0 Å². The van der Waals surface area contributed by atoms with Crippen molar-refractivity contribution in [3.63, 3.8) is 0 Å². The minimum absolute atomic E-state index is 0.354. The second-order valence-electron chi connectivity index (χ2n) is 5.26. The van der Waals surface area contributed by atoms with E-state index in [0.717, 1.165) is 34.9 Å². The van der Waals surface area contributed by atoms with Gasteiger partial charge in [-0.2, -0.15) is 10.4 Å². The van der Waals surface area contributed by atoms with Gasteiger partial charge < -0.3 is 4.74 Å². The minimum atomic E-state index is 0.354. The van der Waals surface area contributed by atoms with Gasteiger partial charge in [-0.25, -0.2) is 0 Å². The Morgan fingerprint density at radius 1 is 1.40 bits per heavy atom. The normalized spacial score (nSPS) is 14.0. The van der Waals surface area contributed by atoms with E-state index in [2.05, 4.69) is 17.4 Å².